The summed E-state index contributed by atoms with van der Waals surface area (Å²) < 4.78 is 1.82. The van der Waals surface area contributed by atoms with Gasteiger partial charge >= 0.3 is 0 Å². The van der Waals surface area contributed by atoms with Gasteiger partial charge in [0, 0.05) is 7.05 Å². The predicted octanol–water partition coefficient (Wildman–Crippen LogP) is 1.12. The topological polar surface area (TPSA) is 42.7 Å². The van der Waals surface area contributed by atoms with Crippen molar-refractivity contribution in [3.63, 3.8) is 0 Å². The first-order chi connectivity index (χ1) is 6.15. The Morgan fingerprint density at radius 1 is 1.54 bits per heavy atom. The number of nitrogens with one attached hydrogen (secondary N) is 1. The molecule has 13 heavy (non-hydrogen) atoms. The van der Waals surface area contributed by atoms with E-state index in [4.69, 9.17) is 0 Å². The number of aromatic nitrogens is 3. The Bertz CT molecular complexity index is 254. The van der Waals surface area contributed by atoms with Crippen molar-refractivity contribution in [3.8, 4) is 0 Å². The minimum absolute atomic E-state index is 0.361. The minimum Gasteiger partial charge on any atom is -0.312 e. The van der Waals surface area contributed by atoms with Crippen LogP contribution in [0.15, 0.2) is 6.20 Å². The van der Waals surface area contributed by atoms with Gasteiger partial charge in [-0.05, 0) is 19.4 Å². The smallest absolute Gasteiger partial charge is 0.0753 e. The highest BCUT2D eigenvalue weighted by Gasteiger charge is 2.14. The summed E-state index contributed by atoms with van der Waals surface area (Å²) in [5, 5.41) is 11.1. The number of aryl methyl sites for hydroxylation is 1. The molecule has 4 heteroatoms. The van der Waals surface area contributed by atoms with Gasteiger partial charge in [0.05, 0.1) is 17.9 Å². The molecular weight excluding hydrogens is 164 g/mol. The van der Waals surface area contributed by atoms with E-state index >= 15 is 0 Å². The molecule has 0 amide bonds. The highest BCUT2D eigenvalue weighted by Crippen LogP contribution is 2.18. The van der Waals surface area contributed by atoms with E-state index in [1.165, 1.54) is 0 Å². The molecule has 0 aromatic carbocycles. The molecule has 0 saturated heterocycles. The molecule has 1 atom stereocenters. The van der Waals surface area contributed by atoms with E-state index in [1.54, 1.807) is 0 Å². The molecule has 1 heterocycles. The average Bonchev–Trinajstić information content (AvgIpc) is 2.47. The van der Waals surface area contributed by atoms with Crippen LogP contribution in [-0.4, -0.2) is 22.0 Å². The van der Waals surface area contributed by atoms with E-state index in [-0.39, 0.29) is 0 Å². The van der Waals surface area contributed by atoms with Gasteiger partial charge in [0.2, 0.25) is 0 Å². The molecular formula is C9H18N4. The van der Waals surface area contributed by atoms with Crippen molar-refractivity contribution in [1.29, 1.82) is 0 Å². The molecule has 0 fully saturated rings. The third-order valence-corrected chi connectivity index (χ3v) is 2.16. The molecule has 4 nitrogen and oxygen atoms in total. The fourth-order valence-corrected chi connectivity index (χ4v) is 1.47. The molecule has 0 aliphatic carbocycles. The lowest BCUT2D eigenvalue weighted by Crippen LogP contribution is -2.21. The van der Waals surface area contributed by atoms with Crippen LogP contribution in [-0.2, 0) is 7.05 Å². The SMILES string of the molecule is CNC(CC(C)C)c1cnnn1C. The largest absolute Gasteiger partial charge is 0.312 e. The average molecular weight is 182 g/mol. The normalized spacial score (nSPS) is 13.6. The second kappa shape index (κ2) is 4.37. The molecule has 1 rings (SSSR count). The van der Waals surface area contributed by atoms with Crippen molar-refractivity contribution in [1.82, 2.24) is 20.3 Å². The first-order valence-electron chi connectivity index (χ1n) is 4.67. The standard InChI is InChI=1S/C9H18N4/c1-7(2)5-8(10-3)9-6-11-12-13(9)4/h6-8,10H,5H2,1-4H3. The Morgan fingerprint density at radius 2 is 2.23 bits per heavy atom. The summed E-state index contributed by atoms with van der Waals surface area (Å²) in [6, 6.07) is 0.361. The van der Waals surface area contributed by atoms with Gasteiger partial charge in [-0.15, -0.1) is 5.10 Å². The van der Waals surface area contributed by atoms with Crippen LogP contribution >= 0.6 is 0 Å². The van der Waals surface area contributed by atoms with Gasteiger partial charge in [-0.1, -0.05) is 19.1 Å². The molecule has 74 valence electrons. The van der Waals surface area contributed by atoms with Crippen LogP contribution < -0.4 is 5.32 Å². The Hall–Kier alpha value is -0.900. The van der Waals surface area contributed by atoms with E-state index in [0.29, 0.717) is 12.0 Å². The van der Waals surface area contributed by atoms with E-state index in [0.717, 1.165) is 12.1 Å². The Morgan fingerprint density at radius 3 is 2.62 bits per heavy atom. The van der Waals surface area contributed by atoms with E-state index < -0.39 is 0 Å². The van der Waals surface area contributed by atoms with Crippen molar-refractivity contribution >= 4 is 0 Å². The summed E-state index contributed by atoms with van der Waals surface area (Å²) in [5.74, 6) is 0.673. The van der Waals surface area contributed by atoms with Crippen LogP contribution in [0.4, 0.5) is 0 Å². The third-order valence-electron chi connectivity index (χ3n) is 2.16. The van der Waals surface area contributed by atoms with Crippen LogP contribution in [0, 0.1) is 5.92 Å². The van der Waals surface area contributed by atoms with Crippen LogP contribution in [0.5, 0.6) is 0 Å². The molecule has 0 radical (unpaired) electrons. The second-order valence-corrected chi connectivity index (χ2v) is 3.75. The van der Waals surface area contributed by atoms with Crippen molar-refractivity contribution in [2.75, 3.05) is 7.05 Å². The highest BCUT2D eigenvalue weighted by molar-refractivity contribution is 5.01. The van der Waals surface area contributed by atoms with Crippen molar-refractivity contribution < 1.29 is 0 Å². The minimum atomic E-state index is 0.361. The first-order valence-corrected chi connectivity index (χ1v) is 4.67. The van der Waals surface area contributed by atoms with E-state index in [9.17, 15) is 0 Å². The second-order valence-electron chi connectivity index (χ2n) is 3.75. The van der Waals surface area contributed by atoms with Gasteiger partial charge in [-0.2, -0.15) is 0 Å². The lowest BCUT2D eigenvalue weighted by atomic mass is 10.0. The lowest BCUT2D eigenvalue weighted by Gasteiger charge is -2.17. The molecule has 0 aliphatic rings. The van der Waals surface area contributed by atoms with Crippen LogP contribution in [0.25, 0.3) is 0 Å². The summed E-state index contributed by atoms with van der Waals surface area (Å²) in [6.07, 6.45) is 2.93. The Balaban J connectivity index is 2.72. The quantitative estimate of drug-likeness (QED) is 0.759. The Kier molecular flexibility index (Phi) is 3.42. The van der Waals surface area contributed by atoms with Crippen LogP contribution in [0.3, 0.4) is 0 Å². The summed E-state index contributed by atoms with van der Waals surface area (Å²) in [7, 11) is 3.90. The monoisotopic (exact) mass is 182 g/mol. The van der Waals surface area contributed by atoms with Crippen molar-refractivity contribution in [3.05, 3.63) is 11.9 Å². The van der Waals surface area contributed by atoms with Gasteiger partial charge in [0.1, 0.15) is 0 Å². The van der Waals surface area contributed by atoms with Crippen molar-refractivity contribution in [2.45, 2.75) is 26.3 Å². The molecule has 0 spiro atoms. The Labute approximate surface area is 79.3 Å². The molecule has 1 aromatic rings. The molecule has 0 bridgehead atoms. The van der Waals surface area contributed by atoms with Crippen LogP contribution in [0.1, 0.15) is 32.0 Å². The van der Waals surface area contributed by atoms with E-state index in [1.807, 2.05) is 25.0 Å². The number of nitrogens with zero attached hydrogens (tertiary/aromatic N) is 3. The summed E-state index contributed by atoms with van der Waals surface area (Å²) in [5.41, 5.74) is 1.15. The molecule has 1 aromatic heterocycles. The lowest BCUT2D eigenvalue weighted by molar-refractivity contribution is 0.434. The van der Waals surface area contributed by atoms with Crippen LogP contribution in [0.2, 0.25) is 0 Å². The zero-order chi connectivity index (χ0) is 9.84. The fraction of sp³-hybridized carbons (Fsp3) is 0.778. The van der Waals surface area contributed by atoms with Gasteiger partial charge < -0.3 is 5.32 Å². The summed E-state index contributed by atoms with van der Waals surface area (Å²) in [4.78, 5) is 0. The predicted molar refractivity (Wildman–Crippen MR) is 52.3 cm³/mol. The van der Waals surface area contributed by atoms with E-state index in [2.05, 4.69) is 29.5 Å². The zero-order valence-corrected chi connectivity index (χ0v) is 8.78. The number of rotatable bonds is 4. The number of hydrogen-bond acceptors (Lipinski definition) is 3. The molecule has 0 aliphatic heterocycles. The highest BCUT2D eigenvalue weighted by atomic mass is 15.4. The van der Waals surface area contributed by atoms with Gasteiger partial charge in [-0.3, -0.25) is 4.68 Å². The van der Waals surface area contributed by atoms with Gasteiger partial charge in [0.15, 0.2) is 0 Å². The van der Waals surface area contributed by atoms with Gasteiger partial charge in [0.25, 0.3) is 0 Å². The summed E-state index contributed by atoms with van der Waals surface area (Å²) >= 11 is 0. The molecule has 1 N–H and O–H groups in total. The maximum Gasteiger partial charge on any atom is 0.0753 e. The number of hydrogen-bond donors (Lipinski definition) is 1. The summed E-state index contributed by atoms with van der Waals surface area (Å²) in [6.45, 7) is 4.43. The van der Waals surface area contributed by atoms with Gasteiger partial charge in [-0.25, -0.2) is 0 Å². The van der Waals surface area contributed by atoms with Crippen molar-refractivity contribution in [2.24, 2.45) is 13.0 Å². The molecule has 1 unspecified atom stereocenters. The first kappa shape index (κ1) is 10.2. The maximum atomic E-state index is 3.92. The fourth-order valence-electron chi connectivity index (χ4n) is 1.47. The molecule has 0 saturated carbocycles. The zero-order valence-electron chi connectivity index (χ0n) is 8.78. The third kappa shape index (κ3) is 2.52. The maximum absolute atomic E-state index is 3.92.